The fourth-order valence-electron chi connectivity index (χ4n) is 3.50. The van der Waals surface area contributed by atoms with Crippen LogP contribution in [-0.2, 0) is 14.8 Å². The molecule has 3 rings (SSSR count). The Bertz CT molecular complexity index is 1220. The molecule has 1 unspecified atom stereocenters. The topological polar surface area (TPSA) is 84.9 Å². The molecule has 1 atom stereocenters. The summed E-state index contributed by atoms with van der Waals surface area (Å²) in [7, 11) is -1.06. The lowest BCUT2D eigenvalue weighted by molar-refractivity contribution is -0.120. The van der Waals surface area contributed by atoms with Crippen molar-refractivity contribution in [2.75, 3.05) is 25.1 Å². The lowest BCUT2D eigenvalue weighted by Gasteiger charge is -2.26. The van der Waals surface area contributed by atoms with Crippen LogP contribution < -0.4 is 19.1 Å². The second-order valence-corrected chi connectivity index (χ2v) is 9.31. The highest BCUT2D eigenvalue weighted by Gasteiger charge is 2.28. The third kappa shape index (κ3) is 5.66. The standard InChI is InChI=1S/C25H27FN2O5S/c1-4-22(18-10-15-23(32-2)24(16-18)33-3)27-25(29)17-28(20-8-6-5-7-9-20)34(30,31)21-13-11-19(26)12-14-21/h5-16,22H,4,17H2,1-3H3,(H,27,29). The number of nitrogens with zero attached hydrogens (tertiary/aromatic N) is 1. The third-order valence-electron chi connectivity index (χ3n) is 5.29. The van der Waals surface area contributed by atoms with E-state index in [0.29, 0.717) is 23.6 Å². The van der Waals surface area contributed by atoms with Crippen LogP contribution in [0.5, 0.6) is 11.5 Å². The number of amides is 1. The highest BCUT2D eigenvalue weighted by molar-refractivity contribution is 7.92. The highest BCUT2D eigenvalue weighted by Crippen LogP contribution is 2.31. The van der Waals surface area contributed by atoms with Crippen LogP contribution in [-0.4, -0.2) is 35.1 Å². The Morgan fingerprint density at radius 1 is 0.971 bits per heavy atom. The summed E-state index contributed by atoms with van der Waals surface area (Å²) in [4.78, 5) is 12.9. The maximum Gasteiger partial charge on any atom is 0.264 e. The summed E-state index contributed by atoms with van der Waals surface area (Å²) >= 11 is 0. The Labute approximate surface area is 199 Å². The molecule has 9 heteroatoms. The Kier molecular flexibility index (Phi) is 8.12. The number of carbonyl (C=O) groups is 1. The molecule has 1 N–H and O–H groups in total. The van der Waals surface area contributed by atoms with Crippen LogP contribution in [0.25, 0.3) is 0 Å². The van der Waals surface area contributed by atoms with E-state index < -0.39 is 28.3 Å². The van der Waals surface area contributed by atoms with E-state index in [9.17, 15) is 17.6 Å². The van der Waals surface area contributed by atoms with Crippen LogP contribution in [0.4, 0.5) is 10.1 Å². The van der Waals surface area contributed by atoms with Gasteiger partial charge in [0.15, 0.2) is 11.5 Å². The summed E-state index contributed by atoms with van der Waals surface area (Å²) in [6, 6.07) is 17.8. The molecule has 0 fully saturated rings. The van der Waals surface area contributed by atoms with Crippen LogP contribution in [0.2, 0.25) is 0 Å². The summed E-state index contributed by atoms with van der Waals surface area (Å²) in [5, 5.41) is 2.90. The number of halogens is 1. The average molecular weight is 487 g/mol. The Hall–Kier alpha value is -3.59. The zero-order valence-electron chi connectivity index (χ0n) is 19.2. The van der Waals surface area contributed by atoms with Gasteiger partial charge in [-0.15, -0.1) is 0 Å². The highest BCUT2D eigenvalue weighted by atomic mass is 32.2. The Morgan fingerprint density at radius 3 is 2.21 bits per heavy atom. The Balaban J connectivity index is 1.88. The molecule has 180 valence electrons. The number of benzene rings is 3. The van der Waals surface area contributed by atoms with Gasteiger partial charge in [-0.1, -0.05) is 31.2 Å². The Morgan fingerprint density at radius 2 is 1.62 bits per heavy atom. The largest absolute Gasteiger partial charge is 0.493 e. The van der Waals surface area contributed by atoms with E-state index in [2.05, 4.69) is 5.32 Å². The number of methoxy groups -OCH3 is 2. The van der Waals surface area contributed by atoms with E-state index in [0.717, 1.165) is 22.0 Å². The minimum absolute atomic E-state index is 0.113. The second-order valence-electron chi connectivity index (χ2n) is 7.44. The normalized spacial score (nSPS) is 12.0. The number of nitrogens with one attached hydrogen (secondary N) is 1. The molecule has 0 spiro atoms. The van der Waals surface area contributed by atoms with Gasteiger partial charge in [-0.05, 0) is 60.5 Å². The first-order chi connectivity index (χ1) is 16.3. The average Bonchev–Trinajstić information content (AvgIpc) is 2.86. The number of sulfonamides is 1. The van der Waals surface area contributed by atoms with Crippen molar-refractivity contribution in [3.05, 3.63) is 84.2 Å². The van der Waals surface area contributed by atoms with Crippen molar-refractivity contribution >= 4 is 21.6 Å². The molecular formula is C25H27FN2O5S. The summed E-state index contributed by atoms with van der Waals surface area (Å²) in [5.41, 5.74) is 1.11. The van der Waals surface area contributed by atoms with E-state index in [1.54, 1.807) is 42.5 Å². The molecule has 3 aromatic rings. The SMILES string of the molecule is CCC(NC(=O)CN(c1ccccc1)S(=O)(=O)c1ccc(F)cc1)c1ccc(OC)c(OC)c1. The van der Waals surface area contributed by atoms with Gasteiger partial charge in [0, 0.05) is 0 Å². The molecule has 0 radical (unpaired) electrons. The first-order valence-corrected chi connectivity index (χ1v) is 12.1. The van der Waals surface area contributed by atoms with Crippen molar-refractivity contribution in [1.82, 2.24) is 5.32 Å². The van der Waals surface area contributed by atoms with E-state index in [4.69, 9.17) is 9.47 Å². The molecule has 0 aliphatic rings. The van der Waals surface area contributed by atoms with E-state index in [-0.39, 0.29) is 10.9 Å². The number of hydrogen-bond donors (Lipinski definition) is 1. The number of ether oxygens (including phenoxy) is 2. The smallest absolute Gasteiger partial charge is 0.264 e. The summed E-state index contributed by atoms with van der Waals surface area (Å²) in [6.45, 7) is 1.46. The van der Waals surface area contributed by atoms with Crippen LogP contribution in [0, 0.1) is 5.82 Å². The monoisotopic (exact) mass is 486 g/mol. The van der Waals surface area contributed by atoms with Gasteiger partial charge in [0.2, 0.25) is 5.91 Å². The van der Waals surface area contributed by atoms with E-state index in [1.165, 1.54) is 26.4 Å². The molecule has 0 heterocycles. The van der Waals surface area contributed by atoms with Crippen molar-refractivity contribution in [2.24, 2.45) is 0 Å². The van der Waals surface area contributed by atoms with Gasteiger partial charge in [0.25, 0.3) is 10.0 Å². The van der Waals surface area contributed by atoms with Gasteiger partial charge in [-0.25, -0.2) is 12.8 Å². The predicted octanol–water partition coefficient (Wildman–Crippen LogP) is 4.31. The first-order valence-electron chi connectivity index (χ1n) is 10.6. The van der Waals surface area contributed by atoms with Gasteiger partial charge in [-0.2, -0.15) is 0 Å². The van der Waals surface area contributed by atoms with Crippen molar-refractivity contribution in [2.45, 2.75) is 24.3 Å². The van der Waals surface area contributed by atoms with E-state index >= 15 is 0 Å². The van der Waals surface area contributed by atoms with Crippen molar-refractivity contribution in [1.29, 1.82) is 0 Å². The molecule has 3 aromatic carbocycles. The maximum absolute atomic E-state index is 13.4. The fourth-order valence-corrected chi connectivity index (χ4v) is 4.93. The molecular weight excluding hydrogens is 459 g/mol. The predicted molar refractivity (Wildman–Crippen MR) is 128 cm³/mol. The van der Waals surface area contributed by atoms with Crippen molar-refractivity contribution < 1.29 is 27.1 Å². The lowest BCUT2D eigenvalue weighted by Crippen LogP contribution is -2.42. The quantitative estimate of drug-likeness (QED) is 0.462. The molecule has 0 aliphatic heterocycles. The van der Waals surface area contributed by atoms with Crippen LogP contribution in [0.1, 0.15) is 24.9 Å². The van der Waals surface area contributed by atoms with Crippen molar-refractivity contribution in [3.63, 3.8) is 0 Å². The van der Waals surface area contributed by atoms with Crippen molar-refractivity contribution in [3.8, 4) is 11.5 Å². The zero-order chi connectivity index (χ0) is 24.7. The van der Waals surface area contributed by atoms with Crippen LogP contribution in [0.15, 0.2) is 77.7 Å². The number of anilines is 1. The summed E-state index contributed by atoms with van der Waals surface area (Å²) in [5.74, 6) is 0.0467. The molecule has 0 aromatic heterocycles. The molecule has 34 heavy (non-hydrogen) atoms. The minimum Gasteiger partial charge on any atom is -0.493 e. The van der Waals surface area contributed by atoms with Gasteiger partial charge < -0.3 is 14.8 Å². The molecule has 1 amide bonds. The number of rotatable bonds is 10. The molecule has 0 bridgehead atoms. The molecule has 0 saturated carbocycles. The van der Waals surface area contributed by atoms with Crippen LogP contribution >= 0.6 is 0 Å². The third-order valence-corrected chi connectivity index (χ3v) is 7.07. The number of hydrogen-bond acceptors (Lipinski definition) is 5. The first kappa shape index (κ1) is 25.0. The second kappa shape index (κ2) is 11.0. The minimum atomic E-state index is -4.12. The summed E-state index contributed by atoms with van der Waals surface area (Å²) < 4.78 is 51.7. The zero-order valence-corrected chi connectivity index (χ0v) is 20.0. The molecule has 0 saturated heterocycles. The van der Waals surface area contributed by atoms with E-state index in [1.807, 2.05) is 13.0 Å². The van der Waals surface area contributed by atoms with Gasteiger partial charge >= 0.3 is 0 Å². The van der Waals surface area contributed by atoms with Gasteiger partial charge in [0.05, 0.1) is 30.8 Å². The van der Waals surface area contributed by atoms with Gasteiger partial charge in [-0.3, -0.25) is 9.10 Å². The molecule has 0 aliphatic carbocycles. The fraction of sp³-hybridized carbons (Fsp3) is 0.240. The maximum atomic E-state index is 13.4. The lowest BCUT2D eigenvalue weighted by atomic mass is 10.0. The number of para-hydroxylation sites is 1. The van der Waals surface area contributed by atoms with Crippen LogP contribution in [0.3, 0.4) is 0 Å². The summed E-state index contributed by atoms with van der Waals surface area (Å²) in [6.07, 6.45) is 0.567. The molecule has 7 nitrogen and oxygen atoms in total. The number of carbonyl (C=O) groups excluding carboxylic acids is 1. The van der Waals surface area contributed by atoms with Gasteiger partial charge in [0.1, 0.15) is 12.4 Å².